The number of alkyl halides is 3. The number of esters is 2. The van der Waals surface area contributed by atoms with Crippen LogP contribution in [-0.2, 0) is 28.4 Å². The molecule has 44 heavy (non-hydrogen) atoms. The molecular weight excluding hydrogens is 654 g/mol. The van der Waals surface area contributed by atoms with Crippen LogP contribution in [0.1, 0.15) is 32.6 Å². The van der Waals surface area contributed by atoms with E-state index in [0.29, 0.717) is 5.56 Å². The summed E-state index contributed by atoms with van der Waals surface area (Å²) in [6, 6.07) is 14.0. The van der Waals surface area contributed by atoms with Gasteiger partial charge in [0, 0.05) is 5.56 Å². The second kappa shape index (κ2) is 13.3. The third-order valence-electron chi connectivity index (χ3n) is 6.56. The molecule has 0 saturated carbocycles. The first-order valence-electron chi connectivity index (χ1n) is 12.8. The minimum absolute atomic E-state index is 0.0632. The summed E-state index contributed by atoms with van der Waals surface area (Å²) in [5.41, 5.74) is 0.251. The molecule has 0 radical (unpaired) electrons. The van der Waals surface area contributed by atoms with Crippen molar-refractivity contribution in [3.05, 3.63) is 107 Å². The van der Waals surface area contributed by atoms with Crippen LogP contribution < -0.4 is 0 Å². The van der Waals surface area contributed by atoms with Crippen molar-refractivity contribution in [2.75, 3.05) is 6.61 Å². The Labute approximate surface area is 263 Å². The highest BCUT2D eigenvalue weighted by Gasteiger charge is 2.55. The van der Waals surface area contributed by atoms with E-state index in [1.807, 2.05) is 0 Å². The Morgan fingerprint density at radius 1 is 0.727 bits per heavy atom. The van der Waals surface area contributed by atoms with Crippen molar-refractivity contribution >= 4 is 52.6 Å². The second-order valence-electron chi connectivity index (χ2n) is 9.56. The molecule has 0 aromatic heterocycles. The molecule has 9 nitrogen and oxygen atoms in total. The van der Waals surface area contributed by atoms with Crippen LogP contribution in [0.2, 0.25) is 0 Å². The van der Waals surface area contributed by atoms with Crippen molar-refractivity contribution in [3.63, 3.8) is 0 Å². The van der Waals surface area contributed by atoms with Crippen LogP contribution in [0.4, 0.5) is 13.2 Å². The number of hydrogen-bond donors (Lipinski definition) is 1. The molecule has 0 bridgehead atoms. The minimum Gasteiger partial charge on any atom is -0.452 e. The van der Waals surface area contributed by atoms with Crippen LogP contribution in [0.25, 0.3) is 0 Å². The van der Waals surface area contributed by atoms with E-state index in [-0.39, 0.29) is 17.7 Å². The fourth-order valence-electron chi connectivity index (χ4n) is 4.43. The van der Waals surface area contributed by atoms with Gasteiger partial charge in [-0.3, -0.25) is 5.41 Å². The molecule has 2 heterocycles. The average Bonchev–Trinajstić information content (AvgIpc) is 2.99. The highest BCUT2D eigenvalue weighted by atomic mass is 35.6. The number of rotatable bonds is 6. The maximum Gasteiger partial charge on any atom is 0.338 e. The Bertz CT molecular complexity index is 1510. The summed E-state index contributed by atoms with van der Waals surface area (Å²) in [6.07, 6.45) is -8.31. The smallest absolute Gasteiger partial charge is 0.338 e. The normalized spacial score (nSPS) is 25.0. The van der Waals surface area contributed by atoms with E-state index >= 15 is 0 Å². The van der Waals surface area contributed by atoms with Gasteiger partial charge in [-0.1, -0.05) is 46.9 Å². The van der Waals surface area contributed by atoms with Gasteiger partial charge in [0.25, 0.3) is 3.79 Å². The van der Waals surface area contributed by atoms with E-state index in [1.165, 1.54) is 36.4 Å². The minimum atomic E-state index is -2.36. The van der Waals surface area contributed by atoms with Gasteiger partial charge in [-0.05, 0) is 60.7 Å². The monoisotopic (exact) mass is 673 g/mol. The zero-order valence-electron chi connectivity index (χ0n) is 22.1. The molecule has 0 spiro atoms. The quantitative estimate of drug-likeness (QED) is 0.145. The number of carbonyl (C=O) groups is 2. The van der Waals surface area contributed by atoms with Crippen LogP contribution in [0, 0.1) is 22.9 Å². The Morgan fingerprint density at radius 3 is 1.70 bits per heavy atom. The van der Waals surface area contributed by atoms with Gasteiger partial charge in [-0.2, -0.15) is 0 Å². The van der Waals surface area contributed by atoms with Gasteiger partial charge >= 0.3 is 11.9 Å². The number of carbonyl (C=O) groups excluding carboxylic acids is 2. The zero-order chi connectivity index (χ0) is 31.6. The molecule has 232 valence electrons. The summed E-state index contributed by atoms with van der Waals surface area (Å²) in [4.78, 5) is 26.5. The lowest BCUT2D eigenvalue weighted by atomic mass is 9.97. The first-order valence-corrected chi connectivity index (χ1v) is 14.0. The Morgan fingerprint density at radius 2 is 1.20 bits per heavy atom. The maximum absolute atomic E-state index is 13.6. The van der Waals surface area contributed by atoms with E-state index in [1.54, 1.807) is 0 Å². The lowest BCUT2D eigenvalue weighted by Gasteiger charge is -2.48. The van der Waals surface area contributed by atoms with E-state index in [0.717, 1.165) is 36.4 Å². The average molecular weight is 675 g/mol. The number of ether oxygens (including phenoxy) is 6. The van der Waals surface area contributed by atoms with Gasteiger partial charge in [-0.15, -0.1) is 0 Å². The predicted molar refractivity (Wildman–Crippen MR) is 149 cm³/mol. The van der Waals surface area contributed by atoms with Gasteiger partial charge in [0.1, 0.15) is 29.7 Å². The third kappa shape index (κ3) is 7.45. The molecule has 0 amide bonds. The Balaban J connectivity index is 1.52. The van der Waals surface area contributed by atoms with Crippen LogP contribution in [-0.4, -0.2) is 58.9 Å². The number of hydrogen-bond acceptors (Lipinski definition) is 9. The topological polar surface area (TPSA) is 113 Å². The summed E-state index contributed by atoms with van der Waals surface area (Å²) >= 11 is 17.4. The largest absolute Gasteiger partial charge is 0.452 e. The molecule has 6 atom stereocenters. The summed E-state index contributed by atoms with van der Waals surface area (Å²) < 4.78 is 73.0. The van der Waals surface area contributed by atoms with Gasteiger partial charge < -0.3 is 28.4 Å². The number of halogens is 6. The van der Waals surface area contributed by atoms with Crippen LogP contribution >= 0.6 is 34.8 Å². The zero-order valence-corrected chi connectivity index (χ0v) is 24.4. The van der Waals surface area contributed by atoms with Gasteiger partial charge in [0.2, 0.25) is 18.3 Å². The first-order chi connectivity index (χ1) is 20.9. The van der Waals surface area contributed by atoms with Crippen molar-refractivity contribution in [3.8, 4) is 0 Å². The van der Waals surface area contributed by atoms with Crippen molar-refractivity contribution in [1.29, 1.82) is 5.41 Å². The molecule has 15 heteroatoms. The van der Waals surface area contributed by atoms with E-state index in [2.05, 4.69) is 0 Å². The maximum atomic E-state index is 13.6. The molecule has 3 aromatic carbocycles. The fourth-order valence-corrected chi connectivity index (χ4v) is 4.56. The summed E-state index contributed by atoms with van der Waals surface area (Å²) in [7, 11) is 0. The van der Waals surface area contributed by atoms with E-state index in [9.17, 15) is 22.8 Å². The third-order valence-corrected chi connectivity index (χ3v) is 7.08. The van der Waals surface area contributed by atoms with E-state index < -0.39 is 76.1 Å². The molecule has 0 aliphatic carbocycles. The molecule has 3 aromatic rings. The molecule has 2 fully saturated rings. The summed E-state index contributed by atoms with van der Waals surface area (Å²) in [5.74, 6) is -4.63. The summed E-state index contributed by atoms with van der Waals surface area (Å²) in [5, 5.41) is 8.08. The second-order valence-corrected chi connectivity index (χ2v) is 11.8. The van der Waals surface area contributed by atoms with Gasteiger partial charge in [-0.25, -0.2) is 22.8 Å². The molecule has 2 aliphatic heterocycles. The Hall–Kier alpha value is -3.39. The van der Waals surface area contributed by atoms with Gasteiger partial charge in [0.15, 0.2) is 12.4 Å². The SMILES string of the molecule is N=C(OC1O[C@@H]2COC(c3ccc(F)cc3)O[C@@H]2[C@H](OC(=O)c2ccc(F)cc2)[C@H]1OC(=O)c1ccc(F)cc1)C(Cl)(Cl)Cl. The van der Waals surface area contributed by atoms with Gasteiger partial charge in [0.05, 0.1) is 17.7 Å². The number of nitrogens with one attached hydrogen (secondary N) is 1. The first kappa shape index (κ1) is 32.0. The standard InChI is InChI=1S/C29H21Cl3F3NO8/c30-29(31,32)28(36)44-27-23(42-25(38)15-3-9-18(34)10-4-15)22(41-24(37)14-1-7-17(33)8-2-14)21-20(40-27)13-39-26(43-21)16-5-11-19(35)12-6-16/h1-12,20-23,26-27,36H,13H2/t20-,21+,22+,23-,26?,27?/m1/s1. The lowest BCUT2D eigenvalue weighted by molar-refractivity contribution is -0.350. The molecule has 2 aliphatic rings. The van der Waals surface area contributed by atoms with Crippen molar-refractivity contribution in [2.24, 2.45) is 0 Å². The molecular formula is C29H21Cl3F3NO8. The molecule has 2 unspecified atom stereocenters. The molecule has 1 N–H and O–H groups in total. The fraction of sp³-hybridized carbons (Fsp3) is 0.276. The Kier molecular flexibility index (Phi) is 9.68. The number of fused-ring (bicyclic) bond motifs is 1. The lowest BCUT2D eigenvalue weighted by Crippen LogP contribution is -2.64. The highest BCUT2D eigenvalue weighted by Crippen LogP contribution is 2.39. The predicted octanol–water partition coefficient (Wildman–Crippen LogP) is 6.06. The summed E-state index contributed by atoms with van der Waals surface area (Å²) in [6.45, 7) is -0.198. The van der Waals surface area contributed by atoms with Crippen molar-refractivity contribution in [2.45, 2.75) is 40.8 Å². The molecule has 2 saturated heterocycles. The van der Waals surface area contributed by atoms with Crippen LogP contribution in [0.3, 0.4) is 0 Å². The van der Waals surface area contributed by atoms with Crippen molar-refractivity contribution in [1.82, 2.24) is 0 Å². The van der Waals surface area contributed by atoms with Crippen molar-refractivity contribution < 1.29 is 51.2 Å². The highest BCUT2D eigenvalue weighted by molar-refractivity contribution is 6.76. The molecule has 5 rings (SSSR count). The van der Waals surface area contributed by atoms with Crippen LogP contribution in [0.5, 0.6) is 0 Å². The number of benzene rings is 3. The van der Waals surface area contributed by atoms with E-state index in [4.69, 9.17) is 68.6 Å². The van der Waals surface area contributed by atoms with Crippen LogP contribution in [0.15, 0.2) is 72.8 Å².